The normalized spacial score (nSPS) is 16.0. The summed E-state index contributed by atoms with van der Waals surface area (Å²) in [6, 6.07) is 14.8. The van der Waals surface area contributed by atoms with E-state index >= 15 is 0 Å². The summed E-state index contributed by atoms with van der Waals surface area (Å²) in [6.07, 6.45) is 8.19. The maximum atomic E-state index is 11.8. The van der Waals surface area contributed by atoms with Crippen LogP contribution in [0.1, 0.15) is 12.0 Å². The number of hydrogen-bond donors (Lipinski definition) is 2. The van der Waals surface area contributed by atoms with Crippen LogP contribution in [0.4, 0.5) is 11.5 Å². The van der Waals surface area contributed by atoms with Crippen LogP contribution in [0.25, 0.3) is 32.9 Å². The average Bonchev–Trinajstić information content (AvgIpc) is 3.54. The Morgan fingerprint density at radius 2 is 1.92 bits per heavy atom. The summed E-state index contributed by atoms with van der Waals surface area (Å²) in [6.45, 7) is 5.19. The van der Waals surface area contributed by atoms with Gasteiger partial charge in [0.15, 0.2) is 9.84 Å². The van der Waals surface area contributed by atoms with Crippen LogP contribution in [0.15, 0.2) is 72.0 Å². The van der Waals surface area contributed by atoms with Crippen molar-refractivity contribution >= 4 is 43.0 Å². The maximum absolute atomic E-state index is 11.8. The zero-order valence-corrected chi connectivity index (χ0v) is 21.6. The summed E-state index contributed by atoms with van der Waals surface area (Å²) >= 11 is 0. The predicted molar refractivity (Wildman–Crippen MR) is 147 cm³/mol. The molecule has 0 saturated carbocycles. The fourth-order valence-electron chi connectivity index (χ4n) is 5.05. The average molecular weight is 513 g/mol. The van der Waals surface area contributed by atoms with Crippen molar-refractivity contribution in [1.29, 1.82) is 0 Å². The van der Waals surface area contributed by atoms with E-state index in [1.807, 2.05) is 24.5 Å². The van der Waals surface area contributed by atoms with E-state index in [1.54, 1.807) is 24.3 Å². The van der Waals surface area contributed by atoms with Gasteiger partial charge in [0.05, 0.1) is 16.1 Å². The van der Waals surface area contributed by atoms with Crippen molar-refractivity contribution in [3.05, 3.63) is 72.7 Å². The van der Waals surface area contributed by atoms with Gasteiger partial charge in [0, 0.05) is 58.8 Å². The van der Waals surface area contributed by atoms with Crippen LogP contribution in [0, 0.1) is 12.8 Å². The summed E-state index contributed by atoms with van der Waals surface area (Å²) in [5.74, 6) is 1.28. The molecule has 188 valence electrons. The number of rotatable bonds is 6. The third-order valence-electron chi connectivity index (χ3n) is 7.07. The molecule has 0 amide bonds. The minimum atomic E-state index is -3.24. The van der Waals surface area contributed by atoms with Crippen LogP contribution in [-0.4, -0.2) is 47.5 Å². The first kappa shape index (κ1) is 23.6. The van der Waals surface area contributed by atoms with Gasteiger partial charge in [0.1, 0.15) is 5.82 Å². The quantitative estimate of drug-likeness (QED) is 0.340. The standard InChI is InChI=1S/C28H28N6O2S/c1-18-23(7-8-26-25(18)17-34(33-26)16-19-9-11-29-14-19)28-24-13-27(31-15-20(24)10-12-30-28)32-21-3-5-22(6-4-21)37(2,35)36/h3-8,10,12-13,15,17,19,29H,9,11,14,16H2,1-2H3,(H,31,32). The molecule has 1 atom stereocenters. The lowest BCUT2D eigenvalue weighted by Gasteiger charge is -2.12. The third kappa shape index (κ3) is 4.68. The van der Waals surface area contributed by atoms with Gasteiger partial charge in [-0.05, 0) is 80.4 Å². The molecule has 0 bridgehead atoms. The number of anilines is 2. The maximum Gasteiger partial charge on any atom is 0.175 e. The zero-order valence-electron chi connectivity index (χ0n) is 20.8. The van der Waals surface area contributed by atoms with E-state index < -0.39 is 9.84 Å². The van der Waals surface area contributed by atoms with Gasteiger partial charge in [-0.15, -0.1) is 0 Å². The molecule has 8 nitrogen and oxygen atoms in total. The lowest BCUT2D eigenvalue weighted by Crippen LogP contribution is -2.14. The highest BCUT2D eigenvalue weighted by atomic mass is 32.2. The molecule has 0 aliphatic carbocycles. The minimum absolute atomic E-state index is 0.283. The Labute approximate surface area is 215 Å². The van der Waals surface area contributed by atoms with Crippen LogP contribution in [-0.2, 0) is 16.4 Å². The smallest absolute Gasteiger partial charge is 0.175 e. The Kier molecular flexibility index (Phi) is 5.89. The van der Waals surface area contributed by atoms with Crippen LogP contribution >= 0.6 is 0 Å². The molecule has 6 rings (SSSR count). The van der Waals surface area contributed by atoms with E-state index in [-0.39, 0.29) is 4.90 Å². The first-order valence-electron chi connectivity index (χ1n) is 12.3. The molecule has 2 aromatic carbocycles. The number of nitrogens with zero attached hydrogens (tertiary/aromatic N) is 4. The molecule has 1 unspecified atom stereocenters. The second-order valence-corrected chi connectivity index (χ2v) is 11.8. The van der Waals surface area contributed by atoms with Gasteiger partial charge in [-0.25, -0.2) is 13.4 Å². The van der Waals surface area contributed by atoms with Gasteiger partial charge in [0.2, 0.25) is 0 Å². The Bertz CT molecular complexity index is 1720. The lowest BCUT2D eigenvalue weighted by atomic mass is 9.98. The van der Waals surface area contributed by atoms with Crippen molar-refractivity contribution in [1.82, 2.24) is 25.1 Å². The summed E-state index contributed by atoms with van der Waals surface area (Å²) in [4.78, 5) is 9.60. The van der Waals surface area contributed by atoms with Gasteiger partial charge in [0.25, 0.3) is 0 Å². The van der Waals surface area contributed by atoms with Crippen molar-refractivity contribution < 1.29 is 8.42 Å². The summed E-state index contributed by atoms with van der Waals surface area (Å²) in [7, 11) is -3.24. The van der Waals surface area contributed by atoms with E-state index in [9.17, 15) is 8.42 Å². The number of aryl methyl sites for hydroxylation is 1. The number of sulfone groups is 1. The van der Waals surface area contributed by atoms with Crippen molar-refractivity contribution in [2.75, 3.05) is 24.7 Å². The molecule has 37 heavy (non-hydrogen) atoms. The Hall–Kier alpha value is -3.82. The van der Waals surface area contributed by atoms with Gasteiger partial charge in [-0.2, -0.15) is 5.10 Å². The van der Waals surface area contributed by atoms with E-state index in [2.05, 4.69) is 45.6 Å². The summed E-state index contributed by atoms with van der Waals surface area (Å²) in [5.41, 5.74) is 4.86. The molecule has 0 radical (unpaired) electrons. The first-order chi connectivity index (χ1) is 17.8. The highest BCUT2D eigenvalue weighted by molar-refractivity contribution is 7.90. The van der Waals surface area contributed by atoms with Crippen LogP contribution in [0.3, 0.4) is 0 Å². The van der Waals surface area contributed by atoms with Crippen molar-refractivity contribution in [3.8, 4) is 11.3 Å². The van der Waals surface area contributed by atoms with Gasteiger partial charge in [-0.3, -0.25) is 9.67 Å². The fourth-order valence-corrected chi connectivity index (χ4v) is 5.68. The van der Waals surface area contributed by atoms with Crippen molar-refractivity contribution in [2.24, 2.45) is 5.92 Å². The number of benzene rings is 2. The molecule has 5 aromatic rings. The molecule has 1 aliphatic rings. The number of nitrogens with one attached hydrogen (secondary N) is 2. The van der Waals surface area contributed by atoms with Crippen LogP contribution in [0.5, 0.6) is 0 Å². The minimum Gasteiger partial charge on any atom is -0.340 e. The number of pyridine rings is 2. The topological polar surface area (TPSA) is 102 Å². The SMILES string of the molecule is Cc1c(-c2nccc3cnc(Nc4ccc(S(C)(=O)=O)cc4)cc23)ccc2nn(CC3CCNC3)cc12. The van der Waals surface area contributed by atoms with E-state index in [0.29, 0.717) is 11.7 Å². The Morgan fingerprint density at radius 1 is 1.08 bits per heavy atom. The second-order valence-electron chi connectivity index (χ2n) is 9.75. The molecular formula is C28H28N6O2S. The van der Waals surface area contributed by atoms with Gasteiger partial charge >= 0.3 is 0 Å². The largest absolute Gasteiger partial charge is 0.340 e. The van der Waals surface area contributed by atoms with Crippen LogP contribution in [0.2, 0.25) is 0 Å². The summed E-state index contributed by atoms with van der Waals surface area (Å²) in [5, 5.41) is 14.7. The lowest BCUT2D eigenvalue weighted by molar-refractivity contribution is 0.452. The second kappa shape index (κ2) is 9.24. The Balaban J connectivity index is 1.35. The number of hydrogen-bond acceptors (Lipinski definition) is 7. The molecule has 1 saturated heterocycles. The first-order valence-corrected chi connectivity index (χ1v) is 14.2. The molecule has 0 spiro atoms. The summed E-state index contributed by atoms with van der Waals surface area (Å²) < 4.78 is 25.6. The molecular weight excluding hydrogens is 484 g/mol. The Morgan fingerprint density at radius 3 is 2.68 bits per heavy atom. The third-order valence-corrected chi connectivity index (χ3v) is 8.20. The highest BCUT2D eigenvalue weighted by Gasteiger charge is 2.17. The monoisotopic (exact) mass is 512 g/mol. The van der Waals surface area contributed by atoms with Crippen molar-refractivity contribution in [2.45, 2.75) is 24.8 Å². The highest BCUT2D eigenvalue weighted by Crippen LogP contribution is 2.34. The van der Waals surface area contributed by atoms with E-state index in [1.165, 1.54) is 12.7 Å². The van der Waals surface area contributed by atoms with E-state index in [0.717, 1.165) is 63.8 Å². The van der Waals surface area contributed by atoms with E-state index in [4.69, 9.17) is 10.1 Å². The van der Waals surface area contributed by atoms with Gasteiger partial charge in [-0.1, -0.05) is 6.07 Å². The number of fused-ring (bicyclic) bond motifs is 2. The van der Waals surface area contributed by atoms with Crippen molar-refractivity contribution in [3.63, 3.8) is 0 Å². The molecule has 2 N–H and O–H groups in total. The molecule has 3 aromatic heterocycles. The molecule has 1 aliphatic heterocycles. The number of aromatic nitrogens is 4. The molecule has 1 fully saturated rings. The van der Waals surface area contributed by atoms with Crippen LogP contribution < -0.4 is 10.6 Å². The zero-order chi connectivity index (χ0) is 25.6. The molecule has 9 heteroatoms. The van der Waals surface area contributed by atoms with Gasteiger partial charge < -0.3 is 10.6 Å². The molecule has 4 heterocycles. The fraction of sp³-hybridized carbons (Fsp3) is 0.250. The predicted octanol–water partition coefficient (Wildman–Crippen LogP) is 4.71.